The summed E-state index contributed by atoms with van der Waals surface area (Å²) in [6.07, 6.45) is 3.05. The van der Waals surface area contributed by atoms with E-state index < -0.39 is 23.9 Å². The van der Waals surface area contributed by atoms with Gasteiger partial charge < -0.3 is 37.7 Å². The molecule has 0 radical (unpaired) electrons. The molecule has 0 aliphatic heterocycles. The maximum atomic E-state index is 13.2. The molecule has 206 valence electrons. The highest BCUT2D eigenvalue weighted by molar-refractivity contribution is 5.99. The summed E-state index contributed by atoms with van der Waals surface area (Å²) in [5.41, 5.74) is 19.1. The maximum absolute atomic E-state index is 13.2. The first-order chi connectivity index (χ1) is 18.3. The Kier molecular flexibility index (Phi) is 12.3. The number of aryl methyl sites for hydroxylation is 1. The van der Waals surface area contributed by atoms with Crippen molar-refractivity contribution in [1.82, 2.24) is 25.2 Å². The molecule has 2 aromatic heterocycles. The van der Waals surface area contributed by atoms with E-state index >= 15 is 0 Å². The Labute approximate surface area is 222 Å². The smallest absolute Gasteiger partial charge is 0.247 e. The zero-order valence-corrected chi connectivity index (χ0v) is 22.2. The number of hydrogen-bond acceptors (Lipinski definition) is 8. The van der Waals surface area contributed by atoms with Gasteiger partial charge in [-0.25, -0.2) is 4.98 Å². The van der Waals surface area contributed by atoms with Crippen LogP contribution in [0.4, 0.5) is 5.69 Å². The molecular formula is C26H39N9O3. The molecule has 2 heterocycles. The molecule has 0 bridgehead atoms. The van der Waals surface area contributed by atoms with E-state index in [9.17, 15) is 14.4 Å². The summed E-state index contributed by atoms with van der Waals surface area (Å²) < 4.78 is 0. The van der Waals surface area contributed by atoms with E-state index in [1.54, 1.807) is 25.4 Å². The largest absolute Gasteiger partial charge is 0.346 e. The second-order valence-electron chi connectivity index (χ2n) is 8.43. The number of aromatic amines is 1. The number of carbonyl (C=O) groups excluding carboxylic acids is 3. The van der Waals surface area contributed by atoms with Crippen LogP contribution in [0.1, 0.15) is 31.8 Å². The summed E-state index contributed by atoms with van der Waals surface area (Å²) in [5.74, 6) is -0.742. The molecule has 9 N–H and O–H groups in total. The van der Waals surface area contributed by atoms with Crippen molar-refractivity contribution in [2.24, 2.45) is 17.2 Å². The highest BCUT2D eigenvalue weighted by Gasteiger charge is 2.27. The first-order valence-electron chi connectivity index (χ1n) is 12.7. The van der Waals surface area contributed by atoms with Crippen LogP contribution in [0.15, 0.2) is 42.7 Å². The van der Waals surface area contributed by atoms with Crippen LogP contribution in [0.3, 0.4) is 0 Å². The van der Waals surface area contributed by atoms with Crippen molar-refractivity contribution in [3.63, 3.8) is 0 Å². The highest BCUT2D eigenvalue weighted by atomic mass is 16.2. The van der Waals surface area contributed by atoms with E-state index in [1.807, 2.05) is 38.1 Å². The van der Waals surface area contributed by atoms with Gasteiger partial charge in [-0.05, 0) is 19.1 Å². The topological polar surface area (TPSA) is 198 Å². The average Bonchev–Trinajstić information content (AvgIpc) is 3.33. The number of nitrogens with one attached hydrogen (secondary N) is 3. The number of pyridine rings is 1. The number of nitrogens with zero attached hydrogens (tertiary/aromatic N) is 3. The van der Waals surface area contributed by atoms with E-state index in [1.165, 1.54) is 4.90 Å². The zero-order chi connectivity index (χ0) is 28.1. The summed E-state index contributed by atoms with van der Waals surface area (Å²) in [6.45, 7) is 6.95. The van der Waals surface area contributed by atoms with Crippen LogP contribution in [0.2, 0.25) is 0 Å². The number of H-pyrrole nitrogens is 1. The van der Waals surface area contributed by atoms with Gasteiger partial charge in [-0.1, -0.05) is 32.0 Å². The summed E-state index contributed by atoms with van der Waals surface area (Å²) in [5, 5.41) is 6.34. The predicted molar refractivity (Wildman–Crippen MR) is 148 cm³/mol. The second kappa shape index (κ2) is 15.4. The third-order valence-corrected chi connectivity index (χ3v) is 5.55. The SMILES string of the molecule is CC.Cc1ncc(CC(NC(=O)C(N)CC(=O)N(CCN)CCN)C(=O)Nc2cnc3ccccc3c2)[nH]1. The molecule has 3 amide bonds. The van der Waals surface area contributed by atoms with Gasteiger partial charge >= 0.3 is 0 Å². The minimum Gasteiger partial charge on any atom is -0.346 e. The molecule has 0 aliphatic rings. The normalized spacial score (nSPS) is 12.2. The number of carbonyl (C=O) groups is 3. The Bertz CT molecular complexity index is 1190. The Balaban J connectivity index is 0.00000247. The van der Waals surface area contributed by atoms with E-state index in [0.29, 0.717) is 30.3 Å². The number of fused-ring (bicyclic) bond motifs is 1. The Hall–Kier alpha value is -3.87. The van der Waals surface area contributed by atoms with Gasteiger partial charge in [-0.2, -0.15) is 0 Å². The molecule has 1 aromatic carbocycles. The number of amides is 3. The average molecular weight is 526 g/mol. The van der Waals surface area contributed by atoms with Crippen LogP contribution >= 0.6 is 0 Å². The highest BCUT2D eigenvalue weighted by Crippen LogP contribution is 2.16. The first kappa shape index (κ1) is 30.4. The molecule has 3 rings (SSSR count). The fourth-order valence-corrected chi connectivity index (χ4v) is 3.73. The minimum atomic E-state index is -1.16. The predicted octanol–water partition coefficient (Wildman–Crippen LogP) is 0.422. The van der Waals surface area contributed by atoms with E-state index in [-0.39, 0.29) is 31.8 Å². The number of aromatic nitrogens is 3. The van der Waals surface area contributed by atoms with Gasteiger partial charge in [-0.3, -0.25) is 19.4 Å². The second-order valence-corrected chi connectivity index (χ2v) is 8.43. The molecule has 12 nitrogen and oxygen atoms in total. The van der Waals surface area contributed by atoms with Crippen molar-refractivity contribution in [1.29, 1.82) is 0 Å². The molecule has 2 unspecified atom stereocenters. The number of rotatable bonds is 12. The minimum absolute atomic E-state index is 0.145. The molecule has 0 aliphatic carbocycles. The molecule has 12 heteroatoms. The lowest BCUT2D eigenvalue weighted by atomic mass is 10.1. The molecular weight excluding hydrogens is 486 g/mol. The van der Waals surface area contributed by atoms with Gasteiger partial charge in [-0.15, -0.1) is 0 Å². The first-order valence-corrected chi connectivity index (χ1v) is 12.7. The lowest BCUT2D eigenvalue weighted by Gasteiger charge is -2.24. The quantitative estimate of drug-likeness (QED) is 0.195. The van der Waals surface area contributed by atoms with Crippen molar-refractivity contribution in [2.75, 3.05) is 31.5 Å². The number of para-hydroxylation sites is 1. The summed E-state index contributed by atoms with van der Waals surface area (Å²) in [4.78, 5) is 51.6. The molecule has 2 atom stereocenters. The van der Waals surface area contributed by atoms with Gasteiger partial charge in [0, 0.05) is 49.9 Å². The summed E-state index contributed by atoms with van der Waals surface area (Å²) >= 11 is 0. The number of anilines is 1. The van der Waals surface area contributed by atoms with Crippen molar-refractivity contribution in [3.8, 4) is 0 Å². The van der Waals surface area contributed by atoms with Crippen molar-refractivity contribution in [3.05, 3.63) is 54.2 Å². The van der Waals surface area contributed by atoms with Crippen LogP contribution in [-0.2, 0) is 20.8 Å². The zero-order valence-electron chi connectivity index (χ0n) is 22.2. The third-order valence-electron chi connectivity index (χ3n) is 5.55. The lowest BCUT2D eigenvalue weighted by molar-refractivity contribution is -0.134. The molecule has 0 fully saturated rings. The maximum Gasteiger partial charge on any atom is 0.247 e. The number of hydrogen-bond donors (Lipinski definition) is 6. The van der Waals surface area contributed by atoms with Gasteiger partial charge in [0.1, 0.15) is 11.9 Å². The molecule has 0 saturated heterocycles. The monoisotopic (exact) mass is 525 g/mol. The Morgan fingerprint density at radius 3 is 2.34 bits per heavy atom. The van der Waals surface area contributed by atoms with Crippen LogP contribution in [-0.4, -0.2) is 75.8 Å². The Morgan fingerprint density at radius 1 is 1.03 bits per heavy atom. The van der Waals surface area contributed by atoms with Crippen molar-refractivity contribution in [2.45, 2.75) is 45.7 Å². The number of nitrogens with two attached hydrogens (primary N) is 3. The van der Waals surface area contributed by atoms with Crippen LogP contribution in [0.5, 0.6) is 0 Å². The van der Waals surface area contributed by atoms with Crippen molar-refractivity contribution >= 4 is 34.3 Å². The standard InChI is InChI=1S/C24H33N9O3.C2H6/c1-15-28-13-18(30-15)11-21(24(36)31-17-10-16-4-2-3-5-20(16)29-14-17)32-23(35)19(27)12-22(34)33(8-6-25)9-7-26;1-2/h2-5,10,13-14,19,21H,6-9,11-12,25-27H2,1H3,(H,28,30)(H,31,36)(H,32,35);1-2H3. The van der Waals surface area contributed by atoms with E-state index in [2.05, 4.69) is 25.6 Å². The van der Waals surface area contributed by atoms with Crippen LogP contribution in [0.25, 0.3) is 10.9 Å². The number of imidazole rings is 1. The van der Waals surface area contributed by atoms with Crippen LogP contribution < -0.4 is 27.8 Å². The van der Waals surface area contributed by atoms with E-state index in [0.717, 1.165) is 10.9 Å². The van der Waals surface area contributed by atoms with E-state index in [4.69, 9.17) is 17.2 Å². The summed E-state index contributed by atoms with van der Waals surface area (Å²) in [7, 11) is 0. The van der Waals surface area contributed by atoms with Crippen LogP contribution in [0, 0.1) is 6.92 Å². The Morgan fingerprint density at radius 2 is 1.71 bits per heavy atom. The molecule has 0 saturated carbocycles. The lowest BCUT2D eigenvalue weighted by Crippen LogP contribution is -2.52. The van der Waals surface area contributed by atoms with Gasteiger partial charge in [0.15, 0.2) is 0 Å². The van der Waals surface area contributed by atoms with Crippen molar-refractivity contribution < 1.29 is 14.4 Å². The number of benzene rings is 1. The molecule has 38 heavy (non-hydrogen) atoms. The fourth-order valence-electron chi connectivity index (χ4n) is 3.73. The fraction of sp³-hybridized carbons (Fsp3) is 0.423. The third kappa shape index (κ3) is 8.91. The van der Waals surface area contributed by atoms with Gasteiger partial charge in [0.2, 0.25) is 17.7 Å². The molecule has 3 aromatic rings. The van der Waals surface area contributed by atoms with Gasteiger partial charge in [0.05, 0.1) is 29.9 Å². The van der Waals surface area contributed by atoms with Gasteiger partial charge in [0.25, 0.3) is 0 Å². The molecule has 0 spiro atoms. The summed E-state index contributed by atoms with van der Waals surface area (Å²) in [6, 6.07) is 7.18.